The molecular weight excluding hydrogens is 214 g/mol. The van der Waals surface area contributed by atoms with E-state index in [-0.39, 0.29) is 17.2 Å². The van der Waals surface area contributed by atoms with E-state index in [1.807, 2.05) is 6.07 Å². The van der Waals surface area contributed by atoms with E-state index in [1.54, 1.807) is 0 Å². The van der Waals surface area contributed by atoms with Gasteiger partial charge in [-0.1, -0.05) is 0 Å². The van der Waals surface area contributed by atoms with Crippen molar-refractivity contribution in [3.8, 4) is 6.07 Å². The summed E-state index contributed by atoms with van der Waals surface area (Å²) in [4.78, 5) is 11.1. The number of nitrogens with one attached hydrogen (secondary N) is 2. The first-order valence-electron chi connectivity index (χ1n) is 4.78. The molecule has 2 rings (SSSR count). The van der Waals surface area contributed by atoms with Crippen LogP contribution in [0.3, 0.4) is 0 Å². The maximum absolute atomic E-state index is 11.1. The smallest absolute Gasteiger partial charge is 0.278 e. The fourth-order valence-electron chi connectivity index (χ4n) is 1.54. The van der Waals surface area contributed by atoms with E-state index < -0.39 is 0 Å². The van der Waals surface area contributed by atoms with Gasteiger partial charge in [-0.2, -0.15) is 5.26 Å². The van der Waals surface area contributed by atoms with Gasteiger partial charge in [0, 0.05) is 13.2 Å². The summed E-state index contributed by atoms with van der Waals surface area (Å²) in [6.45, 7) is 1.46. The van der Waals surface area contributed by atoms with Crippen LogP contribution in [0.2, 0.25) is 0 Å². The molecule has 2 N–H and O–H groups in total. The summed E-state index contributed by atoms with van der Waals surface area (Å²) < 4.78 is 7.95. The number of aromatic nitrogens is 1. The number of rotatable bonds is 3. The molecule has 5 nitrogen and oxygen atoms in total. The Morgan fingerprint density at radius 2 is 2.60 bits per heavy atom. The quantitative estimate of drug-likeness (QED) is 0.801. The molecule has 6 heteroatoms. The summed E-state index contributed by atoms with van der Waals surface area (Å²) in [6.07, 6.45) is 2.32. The van der Waals surface area contributed by atoms with Gasteiger partial charge in [-0.05, 0) is 24.4 Å². The molecule has 2 heterocycles. The van der Waals surface area contributed by atoms with Crippen LogP contribution in [-0.4, -0.2) is 23.6 Å². The van der Waals surface area contributed by atoms with Crippen LogP contribution in [0.4, 0.5) is 5.00 Å². The van der Waals surface area contributed by atoms with E-state index in [1.165, 1.54) is 0 Å². The summed E-state index contributed by atoms with van der Waals surface area (Å²) in [5.74, 6) is 0. The van der Waals surface area contributed by atoms with Crippen molar-refractivity contribution in [3.05, 3.63) is 15.9 Å². The SMILES string of the molecule is N#Cc1c(NCC2CCCO2)s[nH]c1=O. The van der Waals surface area contributed by atoms with Crippen molar-refractivity contribution in [1.29, 1.82) is 5.26 Å². The van der Waals surface area contributed by atoms with Crippen molar-refractivity contribution < 1.29 is 4.74 Å². The number of hydrogen-bond donors (Lipinski definition) is 2. The topological polar surface area (TPSA) is 77.9 Å². The standard InChI is InChI=1S/C9H11N3O2S/c10-4-7-8(13)12-15-9(7)11-5-6-2-1-3-14-6/h6,11H,1-3,5H2,(H,12,13). The molecule has 0 amide bonds. The minimum atomic E-state index is -0.322. The minimum absolute atomic E-state index is 0.165. The first-order valence-corrected chi connectivity index (χ1v) is 5.60. The third-order valence-corrected chi connectivity index (χ3v) is 3.17. The average Bonchev–Trinajstić information content (AvgIpc) is 2.84. The zero-order chi connectivity index (χ0) is 10.7. The molecule has 1 fully saturated rings. The van der Waals surface area contributed by atoms with Gasteiger partial charge >= 0.3 is 0 Å². The van der Waals surface area contributed by atoms with Gasteiger partial charge in [-0.25, -0.2) is 0 Å². The summed E-state index contributed by atoms with van der Waals surface area (Å²) in [6, 6.07) is 1.88. The van der Waals surface area contributed by atoms with Crippen LogP contribution < -0.4 is 10.9 Å². The number of hydrogen-bond acceptors (Lipinski definition) is 5. The molecule has 1 atom stereocenters. The van der Waals surface area contributed by atoms with Crippen LogP contribution in [-0.2, 0) is 4.74 Å². The van der Waals surface area contributed by atoms with Gasteiger partial charge in [-0.15, -0.1) is 0 Å². The third kappa shape index (κ3) is 2.19. The number of anilines is 1. The van der Waals surface area contributed by atoms with E-state index in [4.69, 9.17) is 10.00 Å². The van der Waals surface area contributed by atoms with Crippen molar-refractivity contribution in [2.45, 2.75) is 18.9 Å². The second kappa shape index (κ2) is 4.47. The highest BCUT2D eigenvalue weighted by atomic mass is 32.1. The van der Waals surface area contributed by atoms with Gasteiger partial charge in [-0.3, -0.25) is 9.17 Å². The minimum Gasteiger partial charge on any atom is -0.376 e. The van der Waals surface area contributed by atoms with Crippen LogP contribution in [0.1, 0.15) is 18.4 Å². The Labute approximate surface area is 90.8 Å². The van der Waals surface area contributed by atoms with Crippen LogP contribution in [0.25, 0.3) is 0 Å². The zero-order valence-electron chi connectivity index (χ0n) is 8.08. The Balaban J connectivity index is 1.98. The second-order valence-electron chi connectivity index (χ2n) is 3.37. The van der Waals surface area contributed by atoms with Crippen molar-refractivity contribution in [2.75, 3.05) is 18.5 Å². The van der Waals surface area contributed by atoms with Gasteiger partial charge in [0.2, 0.25) is 0 Å². The lowest BCUT2D eigenvalue weighted by Crippen LogP contribution is -2.18. The Morgan fingerprint density at radius 1 is 1.73 bits per heavy atom. The molecule has 1 unspecified atom stereocenters. The first kappa shape index (κ1) is 10.2. The number of nitrogens with zero attached hydrogens (tertiary/aromatic N) is 1. The molecule has 1 aromatic heterocycles. The van der Waals surface area contributed by atoms with Crippen molar-refractivity contribution in [2.24, 2.45) is 0 Å². The monoisotopic (exact) mass is 225 g/mol. The largest absolute Gasteiger partial charge is 0.376 e. The number of H-pyrrole nitrogens is 1. The van der Waals surface area contributed by atoms with Crippen LogP contribution >= 0.6 is 11.5 Å². The van der Waals surface area contributed by atoms with E-state index in [0.717, 1.165) is 31.0 Å². The molecule has 0 bridgehead atoms. The molecule has 80 valence electrons. The van der Waals surface area contributed by atoms with Crippen LogP contribution in [0.5, 0.6) is 0 Å². The Hall–Kier alpha value is -1.32. The normalized spacial score (nSPS) is 20.1. The predicted octanol–water partition coefficient (Wildman–Crippen LogP) is 0.899. The van der Waals surface area contributed by atoms with Crippen molar-refractivity contribution >= 4 is 16.5 Å². The van der Waals surface area contributed by atoms with Crippen LogP contribution in [0, 0.1) is 11.3 Å². The van der Waals surface area contributed by atoms with Gasteiger partial charge in [0.25, 0.3) is 5.56 Å². The van der Waals surface area contributed by atoms with Gasteiger partial charge < -0.3 is 10.1 Å². The molecule has 1 aromatic rings. The fourth-order valence-corrected chi connectivity index (χ4v) is 2.23. The van der Waals surface area contributed by atoms with Gasteiger partial charge in [0.15, 0.2) is 5.56 Å². The van der Waals surface area contributed by atoms with Crippen molar-refractivity contribution in [3.63, 3.8) is 0 Å². The molecule has 1 saturated heterocycles. The fraction of sp³-hybridized carbons (Fsp3) is 0.556. The molecule has 0 saturated carbocycles. The molecule has 0 spiro atoms. The Bertz CT molecular complexity index is 425. The number of nitriles is 1. The number of ether oxygens (including phenoxy) is 1. The van der Waals surface area contributed by atoms with Crippen molar-refractivity contribution in [1.82, 2.24) is 4.37 Å². The molecule has 0 aromatic carbocycles. The van der Waals surface area contributed by atoms with E-state index >= 15 is 0 Å². The summed E-state index contributed by atoms with van der Waals surface area (Å²) in [5.41, 5.74) is -0.157. The third-order valence-electron chi connectivity index (χ3n) is 2.33. The Kier molecular flexibility index (Phi) is 3.04. The maximum atomic E-state index is 11.1. The van der Waals surface area contributed by atoms with E-state index in [9.17, 15) is 4.79 Å². The maximum Gasteiger partial charge on any atom is 0.278 e. The molecule has 15 heavy (non-hydrogen) atoms. The zero-order valence-corrected chi connectivity index (χ0v) is 8.89. The van der Waals surface area contributed by atoms with Crippen LogP contribution in [0.15, 0.2) is 4.79 Å². The lowest BCUT2D eigenvalue weighted by molar-refractivity contribution is 0.120. The lowest BCUT2D eigenvalue weighted by atomic mass is 10.2. The molecule has 1 aliphatic heterocycles. The molecule has 0 radical (unpaired) electrons. The molecule has 0 aliphatic carbocycles. The first-order chi connectivity index (χ1) is 7.31. The Morgan fingerprint density at radius 3 is 3.27 bits per heavy atom. The van der Waals surface area contributed by atoms with Gasteiger partial charge in [0.1, 0.15) is 11.1 Å². The predicted molar refractivity (Wildman–Crippen MR) is 57.1 cm³/mol. The highest BCUT2D eigenvalue weighted by Crippen LogP contribution is 2.17. The summed E-state index contributed by atoms with van der Waals surface area (Å²) in [5, 5.41) is 12.4. The number of aromatic amines is 1. The molecule has 1 aliphatic rings. The van der Waals surface area contributed by atoms with E-state index in [0.29, 0.717) is 11.5 Å². The van der Waals surface area contributed by atoms with Gasteiger partial charge in [0.05, 0.1) is 6.10 Å². The summed E-state index contributed by atoms with van der Waals surface area (Å²) in [7, 11) is 0. The second-order valence-corrected chi connectivity index (χ2v) is 4.18. The highest BCUT2D eigenvalue weighted by molar-refractivity contribution is 7.10. The average molecular weight is 225 g/mol. The van der Waals surface area contributed by atoms with E-state index in [2.05, 4.69) is 9.69 Å². The lowest BCUT2D eigenvalue weighted by Gasteiger charge is -2.09. The molecular formula is C9H11N3O2S. The summed E-state index contributed by atoms with van der Waals surface area (Å²) >= 11 is 1.16. The highest BCUT2D eigenvalue weighted by Gasteiger charge is 2.16.